The lowest BCUT2D eigenvalue weighted by atomic mass is 10.1. The molecular formula is C14H20FNO4S. The molecule has 21 heavy (non-hydrogen) atoms. The van der Waals surface area contributed by atoms with E-state index in [9.17, 15) is 17.9 Å². The zero-order chi connectivity index (χ0) is 15.5. The van der Waals surface area contributed by atoms with Crippen molar-refractivity contribution in [1.82, 2.24) is 4.31 Å². The molecule has 0 aliphatic carbocycles. The Balaban J connectivity index is 2.22. The molecule has 0 saturated carbocycles. The number of nitrogens with zero attached hydrogens (tertiary/aromatic N) is 1. The number of sulfonamides is 1. The number of hydrogen-bond donors (Lipinski definition) is 1. The Kier molecular flexibility index (Phi) is 5.32. The standard InChI is InChI=1S/C14H20FNO4S/c1-16(9-13-4-2-3-7-20-13)21(18,19)14-8-12(15)6-5-11(14)10-17/h5-6,8,13,17H,2-4,7,9-10H2,1H3. The van der Waals surface area contributed by atoms with Crippen molar-refractivity contribution in [1.29, 1.82) is 0 Å². The van der Waals surface area contributed by atoms with Crippen LogP contribution in [0.5, 0.6) is 0 Å². The van der Waals surface area contributed by atoms with Crippen molar-refractivity contribution in [2.45, 2.75) is 36.9 Å². The number of likely N-dealkylation sites (N-methyl/N-ethyl adjacent to an activating group) is 1. The van der Waals surface area contributed by atoms with Crippen LogP contribution in [0.15, 0.2) is 23.1 Å². The fourth-order valence-corrected chi connectivity index (χ4v) is 3.83. The Hall–Kier alpha value is -1.02. The van der Waals surface area contributed by atoms with E-state index in [2.05, 4.69) is 0 Å². The first-order valence-corrected chi connectivity index (χ1v) is 8.36. The molecule has 1 fully saturated rings. The van der Waals surface area contributed by atoms with Gasteiger partial charge in [-0.1, -0.05) is 6.07 Å². The molecule has 1 atom stereocenters. The van der Waals surface area contributed by atoms with E-state index in [0.717, 1.165) is 35.7 Å². The van der Waals surface area contributed by atoms with Crippen LogP contribution in [0, 0.1) is 5.82 Å². The second-order valence-corrected chi connectivity index (χ2v) is 7.20. The Labute approximate surface area is 124 Å². The van der Waals surface area contributed by atoms with E-state index < -0.39 is 22.4 Å². The number of aliphatic hydroxyl groups excluding tert-OH is 1. The van der Waals surface area contributed by atoms with Crippen molar-refractivity contribution in [3.05, 3.63) is 29.6 Å². The third-order valence-electron chi connectivity index (χ3n) is 3.62. The van der Waals surface area contributed by atoms with Gasteiger partial charge in [0.05, 0.1) is 17.6 Å². The predicted molar refractivity (Wildman–Crippen MR) is 75.7 cm³/mol. The number of halogens is 1. The highest BCUT2D eigenvalue weighted by atomic mass is 32.2. The summed E-state index contributed by atoms with van der Waals surface area (Å²) >= 11 is 0. The molecule has 1 aliphatic heterocycles. The van der Waals surface area contributed by atoms with E-state index in [1.807, 2.05) is 0 Å². The molecule has 1 saturated heterocycles. The number of aliphatic hydroxyl groups is 1. The van der Waals surface area contributed by atoms with Gasteiger partial charge in [-0.25, -0.2) is 12.8 Å². The summed E-state index contributed by atoms with van der Waals surface area (Å²) in [6, 6.07) is 3.36. The summed E-state index contributed by atoms with van der Waals surface area (Å²) < 4.78 is 45.1. The Morgan fingerprint density at radius 3 is 2.81 bits per heavy atom. The highest BCUT2D eigenvalue weighted by molar-refractivity contribution is 7.89. The first-order valence-electron chi connectivity index (χ1n) is 6.92. The molecule has 0 aromatic heterocycles. The van der Waals surface area contributed by atoms with Crippen molar-refractivity contribution in [3.8, 4) is 0 Å². The SMILES string of the molecule is CN(CC1CCCCO1)S(=O)(=O)c1cc(F)ccc1CO. The zero-order valence-electron chi connectivity index (χ0n) is 12.0. The molecule has 0 bridgehead atoms. The summed E-state index contributed by atoms with van der Waals surface area (Å²) in [4.78, 5) is -0.191. The van der Waals surface area contributed by atoms with Gasteiger partial charge in [-0.2, -0.15) is 4.31 Å². The van der Waals surface area contributed by atoms with Gasteiger partial charge >= 0.3 is 0 Å². The molecule has 1 aromatic rings. The van der Waals surface area contributed by atoms with E-state index in [1.165, 1.54) is 13.1 Å². The third kappa shape index (κ3) is 3.79. The van der Waals surface area contributed by atoms with Crippen LogP contribution in [0.25, 0.3) is 0 Å². The molecule has 1 heterocycles. The van der Waals surface area contributed by atoms with E-state index in [1.54, 1.807) is 0 Å². The summed E-state index contributed by atoms with van der Waals surface area (Å²) in [5.41, 5.74) is 0.188. The van der Waals surface area contributed by atoms with E-state index in [-0.39, 0.29) is 23.1 Å². The highest BCUT2D eigenvalue weighted by Gasteiger charge is 2.27. The fraction of sp³-hybridized carbons (Fsp3) is 0.571. The Morgan fingerprint density at radius 1 is 1.43 bits per heavy atom. The lowest BCUT2D eigenvalue weighted by Gasteiger charge is -2.27. The number of benzene rings is 1. The Bertz CT molecular complexity index is 585. The van der Waals surface area contributed by atoms with E-state index in [0.29, 0.717) is 6.61 Å². The largest absolute Gasteiger partial charge is 0.392 e. The molecule has 0 radical (unpaired) electrons. The molecule has 0 amide bonds. The second kappa shape index (κ2) is 6.83. The van der Waals surface area contributed by atoms with E-state index >= 15 is 0 Å². The third-order valence-corrected chi connectivity index (χ3v) is 5.53. The molecule has 1 N–H and O–H groups in total. The second-order valence-electron chi connectivity index (χ2n) is 5.18. The Morgan fingerprint density at radius 2 is 2.19 bits per heavy atom. The van der Waals surface area contributed by atoms with Crippen LogP contribution in [0.1, 0.15) is 24.8 Å². The van der Waals surface area contributed by atoms with Crippen molar-refractivity contribution in [2.75, 3.05) is 20.2 Å². The smallest absolute Gasteiger partial charge is 0.243 e. The molecule has 0 spiro atoms. The first-order chi connectivity index (χ1) is 9.95. The monoisotopic (exact) mass is 317 g/mol. The predicted octanol–water partition coefficient (Wildman–Crippen LogP) is 1.51. The zero-order valence-corrected chi connectivity index (χ0v) is 12.8. The molecule has 5 nitrogen and oxygen atoms in total. The maximum atomic E-state index is 13.3. The number of hydrogen-bond acceptors (Lipinski definition) is 4. The van der Waals surface area contributed by atoms with Gasteiger partial charge in [-0.15, -0.1) is 0 Å². The molecule has 7 heteroatoms. The molecule has 2 rings (SSSR count). The van der Waals surface area contributed by atoms with Gasteiger partial charge in [0, 0.05) is 20.2 Å². The highest BCUT2D eigenvalue weighted by Crippen LogP contribution is 2.22. The maximum Gasteiger partial charge on any atom is 0.243 e. The van der Waals surface area contributed by atoms with Crippen molar-refractivity contribution < 1.29 is 22.7 Å². The van der Waals surface area contributed by atoms with Crippen LogP contribution in [0.3, 0.4) is 0 Å². The van der Waals surface area contributed by atoms with Gasteiger partial charge in [-0.05, 0) is 37.0 Å². The maximum absolute atomic E-state index is 13.3. The van der Waals surface area contributed by atoms with Gasteiger partial charge in [0.2, 0.25) is 10.0 Å². The van der Waals surface area contributed by atoms with Crippen LogP contribution >= 0.6 is 0 Å². The topological polar surface area (TPSA) is 66.8 Å². The average Bonchev–Trinajstić information content (AvgIpc) is 2.48. The van der Waals surface area contributed by atoms with Crippen LogP contribution in [-0.4, -0.2) is 44.1 Å². The average molecular weight is 317 g/mol. The summed E-state index contributed by atoms with van der Waals surface area (Å²) in [5.74, 6) is -0.645. The summed E-state index contributed by atoms with van der Waals surface area (Å²) in [7, 11) is -2.41. The normalized spacial score (nSPS) is 19.9. The van der Waals surface area contributed by atoms with Crippen LogP contribution < -0.4 is 0 Å². The summed E-state index contributed by atoms with van der Waals surface area (Å²) in [6.07, 6.45) is 2.69. The van der Waals surface area contributed by atoms with Gasteiger partial charge in [0.15, 0.2) is 0 Å². The van der Waals surface area contributed by atoms with Crippen molar-refractivity contribution in [3.63, 3.8) is 0 Å². The quantitative estimate of drug-likeness (QED) is 0.894. The number of ether oxygens (including phenoxy) is 1. The van der Waals surface area contributed by atoms with Gasteiger partial charge < -0.3 is 9.84 Å². The van der Waals surface area contributed by atoms with Gasteiger partial charge in [-0.3, -0.25) is 0 Å². The molecule has 1 unspecified atom stereocenters. The molecule has 1 aliphatic rings. The molecular weight excluding hydrogens is 297 g/mol. The lowest BCUT2D eigenvalue weighted by molar-refractivity contribution is 0.00857. The lowest BCUT2D eigenvalue weighted by Crippen LogP contribution is -2.37. The summed E-state index contributed by atoms with van der Waals surface area (Å²) in [5, 5.41) is 9.25. The molecule has 1 aromatic carbocycles. The minimum Gasteiger partial charge on any atom is -0.392 e. The minimum absolute atomic E-state index is 0.135. The van der Waals surface area contributed by atoms with Crippen molar-refractivity contribution >= 4 is 10.0 Å². The minimum atomic E-state index is -3.85. The first kappa shape index (κ1) is 16.4. The number of rotatable bonds is 5. The summed E-state index contributed by atoms with van der Waals surface area (Å²) in [6.45, 7) is 0.409. The fourth-order valence-electron chi connectivity index (χ4n) is 2.40. The van der Waals surface area contributed by atoms with E-state index in [4.69, 9.17) is 4.74 Å². The van der Waals surface area contributed by atoms with Gasteiger partial charge in [0.25, 0.3) is 0 Å². The van der Waals surface area contributed by atoms with Gasteiger partial charge in [0.1, 0.15) is 5.82 Å². The van der Waals surface area contributed by atoms with Crippen molar-refractivity contribution in [2.24, 2.45) is 0 Å². The van der Waals surface area contributed by atoms with Crippen LogP contribution in [0.4, 0.5) is 4.39 Å². The van der Waals surface area contributed by atoms with Crippen LogP contribution in [0.2, 0.25) is 0 Å². The molecule has 118 valence electrons. The van der Waals surface area contributed by atoms with Crippen LogP contribution in [-0.2, 0) is 21.4 Å².